The summed E-state index contributed by atoms with van der Waals surface area (Å²) in [6.07, 6.45) is 0. The lowest BCUT2D eigenvalue weighted by molar-refractivity contribution is 0.198. The van der Waals surface area contributed by atoms with Crippen molar-refractivity contribution in [2.24, 2.45) is 0 Å². The van der Waals surface area contributed by atoms with Gasteiger partial charge in [-0.15, -0.1) is 5.10 Å². The first-order valence-electron chi connectivity index (χ1n) is 6.59. The number of hydrogen-bond acceptors (Lipinski definition) is 6. The first-order valence-corrected chi connectivity index (χ1v) is 6.59. The summed E-state index contributed by atoms with van der Waals surface area (Å²) in [5.74, 6) is 0.563. The van der Waals surface area contributed by atoms with Crippen molar-refractivity contribution in [2.45, 2.75) is 20.0 Å². The van der Waals surface area contributed by atoms with Gasteiger partial charge in [0.2, 0.25) is 5.89 Å². The predicted molar refractivity (Wildman–Crippen MR) is 76.4 cm³/mol. The zero-order valence-electron chi connectivity index (χ0n) is 11.8. The number of benzene rings is 1. The van der Waals surface area contributed by atoms with Crippen LogP contribution >= 0.6 is 0 Å². The molecule has 6 nitrogen and oxygen atoms in total. The van der Waals surface area contributed by atoms with Crippen LogP contribution in [0, 0.1) is 6.92 Å². The van der Waals surface area contributed by atoms with Crippen LogP contribution in [0.2, 0.25) is 0 Å². The molecule has 0 saturated carbocycles. The van der Waals surface area contributed by atoms with E-state index in [1.165, 1.54) is 11.1 Å². The second kappa shape index (κ2) is 7.62. The molecule has 0 atom stereocenters. The molecule has 6 heteroatoms. The lowest BCUT2D eigenvalue weighted by Crippen LogP contribution is -2.18. The van der Waals surface area contributed by atoms with E-state index in [9.17, 15) is 0 Å². The van der Waals surface area contributed by atoms with Gasteiger partial charge in [-0.2, -0.15) is 0 Å². The van der Waals surface area contributed by atoms with Crippen molar-refractivity contribution in [2.75, 3.05) is 25.6 Å². The molecular formula is C14H20N4O2. The van der Waals surface area contributed by atoms with Gasteiger partial charge >= 0.3 is 6.01 Å². The minimum absolute atomic E-state index is 0.439. The summed E-state index contributed by atoms with van der Waals surface area (Å²) in [7, 11) is 1.67. The minimum Gasteiger partial charge on any atom is -0.407 e. The van der Waals surface area contributed by atoms with E-state index in [2.05, 4.69) is 52.0 Å². The van der Waals surface area contributed by atoms with Crippen molar-refractivity contribution in [3.63, 3.8) is 0 Å². The number of ether oxygens (including phenoxy) is 1. The van der Waals surface area contributed by atoms with Gasteiger partial charge in [0.05, 0.1) is 13.2 Å². The standard InChI is InChI=1S/C14H20N4O2/c1-11-3-5-12(6-4-11)9-16-14-18-17-13(20-14)10-15-7-8-19-2/h3-6,15H,7-10H2,1-2H3,(H,16,18). The van der Waals surface area contributed by atoms with Crippen LogP contribution in [0.15, 0.2) is 28.7 Å². The average Bonchev–Trinajstić information content (AvgIpc) is 2.91. The molecule has 1 aromatic heterocycles. The molecular weight excluding hydrogens is 256 g/mol. The Morgan fingerprint density at radius 3 is 2.70 bits per heavy atom. The summed E-state index contributed by atoms with van der Waals surface area (Å²) < 4.78 is 10.4. The fourth-order valence-electron chi connectivity index (χ4n) is 1.65. The SMILES string of the molecule is COCCNCc1nnc(NCc2ccc(C)cc2)o1. The lowest BCUT2D eigenvalue weighted by Gasteiger charge is -2.02. The number of nitrogens with one attached hydrogen (secondary N) is 2. The number of anilines is 1. The largest absolute Gasteiger partial charge is 0.407 e. The van der Waals surface area contributed by atoms with E-state index in [1.54, 1.807) is 7.11 Å². The van der Waals surface area contributed by atoms with Crippen molar-refractivity contribution in [3.8, 4) is 0 Å². The second-order valence-corrected chi connectivity index (χ2v) is 4.51. The summed E-state index contributed by atoms with van der Waals surface area (Å²) in [5, 5.41) is 14.2. The molecule has 0 aliphatic heterocycles. The maximum Gasteiger partial charge on any atom is 0.315 e. The molecule has 2 N–H and O–H groups in total. The molecule has 0 aliphatic rings. The van der Waals surface area contributed by atoms with Gasteiger partial charge in [0.1, 0.15) is 0 Å². The second-order valence-electron chi connectivity index (χ2n) is 4.51. The first-order chi connectivity index (χ1) is 9.78. The van der Waals surface area contributed by atoms with Crippen LogP contribution < -0.4 is 10.6 Å². The highest BCUT2D eigenvalue weighted by molar-refractivity contribution is 5.26. The smallest absolute Gasteiger partial charge is 0.315 e. The summed E-state index contributed by atoms with van der Waals surface area (Å²) in [6.45, 7) is 4.69. The third-order valence-electron chi connectivity index (χ3n) is 2.79. The van der Waals surface area contributed by atoms with Gasteiger partial charge in [0.25, 0.3) is 0 Å². The molecule has 0 saturated heterocycles. The Bertz CT molecular complexity index is 510. The van der Waals surface area contributed by atoms with Gasteiger partial charge in [-0.25, -0.2) is 0 Å². The van der Waals surface area contributed by atoms with Gasteiger partial charge in [-0.1, -0.05) is 34.9 Å². The van der Waals surface area contributed by atoms with Gasteiger partial charge in [0.15, 0.2) is 0 Å². The van der Waals surface area contributed by atoms with Crippen LogP contribution in [0.4, 0.5) is 6.01 Å². The van der Waals surface area contributed by atoms with E-state index in [0.717, 1.165) is 6.54 Å². The van der Waals surface area contributed by atoms with E-state index >= 15 is 0 Å². The molecule has 0 unspecified atom stereocenters. The monoisotopic (exact) mass is 276 g/mol. The Hall–Kier alpha value is -1.92. The van der Waals surface area contributed by atoms with Gasteiger partial charge in [-0.3, -0.25) is 0 Å². The topological polar surface area (TPSA) is 72.2 Å². The highest BCUT2D eigenvalue weighted by Gasteiger charge is 2.04. The van der Waals surface area contributed by atoms with E-state index < -0.39 is 0 Å². The molecule has 1 aromatic carbocycles. The zero-order chi connectivity index (χ0) is 14.2. The molecule has 2 rings (SSSR count). The van der Waals surface area contributed by atoms with Crippen LogP contribution in [-0.2, 0) is 17.8 Å². The first kappa shape index (κ1) is 14.5. The third-order valence-corrected chi connectivity index (χ3v) is 2.79. The summed E-state index contributed by atoms with van der Waals surface area (Å²) in [5.41, 5.74) is 2.42. The Balaban J connectivity index is 1.76. The Morgan fingerprint density at radius 2 is 1.95 bits per heavy atom. The number of rotatable bonds is 8. The number of aromatic nitrogens is 2. The van der Waals surface area contributed by atoms with Gasteiger partial charge < -0.3 is 19.8 Å². The number of aryl methyl sites for hydroxylation is 1. The molecule has 108 valence electrons. The van der Waals surface area contributed by atoms with Crippen molar-refractivity contribution >= 4 is 6.01 Å². The van der Waals surface area contributed by atoms with Crippen molar-refractivity contribution in [1.29, 1.82) is 0 Å². The molecule has 0 amide bonds. The highest BCUT2D eigenvalue weighted by atomic mass is 16.5. The van der Waals surface area contributed by atoms with Crippen molar-refractivity contribution in [1.82, 2.24) is 15.5 Å². The fraction of sp³-hybridized carbons (Fsp3) is 0.429. The van der Waals surface area contributed by atoms with Crippen molar-refractivity contribution in [3.05, 3.63) is 41.3 Å². The minimum atomic E-state index is 0.439. The Morgan fingerprint density at radius 1 is 1.15 bits per heavy atom. The van der Waals surface area contributed by atoms with Crippen LogP contribution in [0.25, 0.3) is 0 Å². The molecule has 0 aliphatic carbocycles. The average molecular weight is 276 g/mol. The number of methoxy groups -OCH3 is 1. The normalized spacial score (nSPS) is 10.7. The molecule has 1 heterocycles. The molecule has 0 spiro atoms. The lowest BCUT2D eigenvalue weighted by atomic mass is 10.1. The molecule has 2 aromatic rings. The molecule has 0 radical (unpaired) electrons. The molecule has 0 bridgehead atoms. The van der Waals surface area contributed by atoms with Crippen LogP contribution in [0.1, 0.15) is 17.0 Å². The Labute approximate surface area is 118 Å². The van der Waals surface area contributed by atoms with E-state index in [-0.39, 0.29) is 0 Å². The van der Waals surface area contributed by atoms with Crippen LogP contribution in [0.3, 0.4) is 0 Å². The highest BCUT2D eigenvalue weighted by Crippen LogP contribution is 2.08. The summed E-state index contributed by atoms with van der Waals surface area (Å²) in [6, 6.07) is 8.75. The number of hydrogen-bond donors (Lipinski definition) is 2. The van der Waals surface area contributed by atoms with Crippen LogP contribution in [-0.4, -0.2) is 30.5 Å². The summed E-state index contributed by atoms with van der Waals surface area (Å²) >= 11 is 0. The van der Waals surface area contributed by atoms with Crippen LogP contribution in [0.5, 0.6) is 0 Å². The molecule has 0 fully saturated rings. The Kier molecular flexibility index (Phi) is 5.52. The van der Waals surface area contributed by atoms with E-state index in [1.807, 2.05) is 0 Å². The van der Waals surface area contributed by atoms with Gasteiger partial charge in [0, 0.05) is 20.2 Å². The summed E-state index contributed by atoms with van der Waals surface area (Å²) in [4.78, 5) is 0. The maximum absolute atomic E-state index is 5.47. The van der Waals surface area contributed by atoms with Crippen molar-refractivity contribution < 1.29 is 9.15 Å². The fourth-order valence-corrected chi connectivity index (χ4v) is 1.65. The van der Waals surface area contributed by atoms with E-state index in [4.69, 9.17) is 9.15 Å². The van der Waals surface area contributed by atoms with Gasteiger partial charge in [-0.05, 0) is 12.5 Å². The third kappa shape index (κ3) is 4.64. The van der Waals surface area contributed by atoms with E-state index in [0.29, 0.717) is 31.6 Å². The number of nitrogens with zero attached hydrogens (tertiary/aromatic N) is 2. The predicted octanol–water partition coefficient (Wildman–Crippen LogP) is 1.73. The maximum atomic E-state index is 5.47. The molecule has 20 heavy (non-hydrogen) atoms. The zero-order valence-corrected chi connectivity index (χ0v) is 11.8. The quantitative estimate of drug-likeness (QED) is 0.715.